The summed E-state index contributed by atoms with van der Waals surface area (Å²) in [6.45, 7) is 3.55. The monoisotopic (exact) mass is 183 g/mol. The zero-order valence-corrected chi connectivity index (χ0v) is 9.15. The highest BCUT2D eigenvalue weighted by Crippen LogP contribution is 2.13. The topological polar surface area (TPSA) is 12.0 Å². The second kappa shape index (κ2) is 7.37. The molecule has 0 bridgehead atoms. The van der Waals surface area contributed by atoms with Gasteiger partial charge < -0.3 is 5.32 Å². The summed E-state index contributed by atoms with van der Waals surface area (Å²) in [5, 5.41) is 3.69. The van der Waals surface area contributed by atoms with Crippen LogP contribution in [0, 0.1) is 0 Å². The van der Waals surface area contributed by atoms with Crippen molar-refractivity contribution in [3.63, 3.8) is 0 Å². The lowest BCUT2D eigenvalue weighted by Gasteiger charge is -2.19. The van der Waals surface area contributed by atoms with Crippen LogP contribution in [0.4, 0.5) is 0 Å². The van der Waals surface area contributed by atoms with Crippen molar-refractivity contribution < 1.29 is 0 Å². The van der Waals surface area contributed by atoms with Crippen molar-refractivity contribution in [3.8, 4) is 0 Å². The molecule has 0 spiro atoms. The average Bonchev–Trinajstić information content (AvgIpc) is 2.16. The van der Waals surface area contributed by atoms with Crippen molar-refractivity contribution in [2.45, 2.75) is 70.8 Å². The third-order valence-electron chi connectivity index (χ3n) is 3.05. The van der Waals surface area contributed by atoms with Gasteiger partial charge >= 0.3 is 0 Å². The van der Waals surface area contributed by atoms with Crippen LogP contribution in [-0.4, -0.2) is 12.6 Å². The van der Waals surface area contributed by atoms with Gasteiger partial charge in [0.1, 0.15) is 0 Å². The van der Waals surface area contributed by atoms with E-state index in [1.807, 2.05) is 0 Å². The van der Waals surface area contributed by atoms with E-state index in [9.17, 15) is 0 Å². The first-order valence-electron chi connectivity index (χ1n) is 6.17. The minimum absolute atomic E-state index is 0.822. The van der Waals surface area contributed by atoms with Crippen LogP contribution in [0.3, 0.4) is 0 Å². The molecular formula is C12H25N. The largest absolute Gasteiger partial charge is 0.314 e. The van der Waals surface area contributed by atoms with Gasteiger partial charge in [-0.2, -0.15) is 0 Å². The van der Waals surface area contributed by atoms with E-state index in [2.05, 4.69) is 12.2 Å². The van der Waals surface area contributed by atoms with E-state index in [4.69, 9.17) is 0 Å². The van der Waals surface area contributed by atoms with Gasteiger partial charge in [0.15, 0.2) is 0 Å². The van der Waals surface area contributed by atoms with Gasteiger partial charge in [-0.25, -0.2) is 0 Å². The second-order valence-corrected chi connectivity index (χ2v) is 4.35. The van der Waals surface area contributed by atoms with Crippen molar-refractivity contribution in [2.75, 3.05) is 6.54 Å². The summed E-state index contributed by atoms with van der Waals surface area (Å²) in [4.78, 5) is 0. The Morgan fingerprint density at radius 2 is 1.69 bits per heavy atom. The molecule has 1 fully saturated rings. The van der Waals surface area contributed by atoms with Crippen LogP contribution in [-0.2, 0) is 0 Å². The standard InChI is InChI=1S/C12H25N/c1-2-9-12-10-7-5-3-4-6-8-11-13-12/h12-13H,2-11H2,1H3. The summed E-state index contributed by atoms with van der Waals surface area (Å²) < 4.78 is 0. The maximum atomic E-state index is 3.69. The first-order chi connectivity index (χ1) is 6.43. The molecule has 0 aromatic carbocycles. The first kappa shape index (κ1) is 11.0. The van der Waals surface area contributed by atoms with Gasteiger partial charge in [0.05, 0.1) is 0 Å². The summed E-state index contributed by atoms with van der Waals surface area (Å²) in [6, 6.07) is 0.822. The van der Waals surface area contributed by atoms with Crippen LogP contribution in [0.2, 0.25) is 0 Å². The molecule has 1 rings (SSSR count). The molecule has 1 N–H and O–H groups in total. The molecule has 0 aromatic rings. The number of hydrogen-bond donors (Lipinski definition) is 1. The zero-order chi connectivity index (χ0) is 9.36. The highest BCUT2D eigenvalue weighted by Gasteiger charge is 2.07. The normalized spacial score (nSPS) is 27.0. The molecule has 0 saturated carbocycles. The highest BCUT2D eigenvalue weighted by atomic mass is 14.9. The first-order valence-corrected chi connectivity index (χ1v) is 6.17. The Hall–Kier alpha value is -0.0400. The Balaban J connectivity index is 2.18. The second-order valence-electron chi connectivity index (χ2n) is 4.35. The highest BCUT2D eigenvalue weighted by molar-refractivity contribution is 4.67. The van der Waals surface area contributed by atoms with Crippen LogP contribution in [0.1, 0.15) is 64.7 Å². The Morgan fingerprint density at radius 1 is 1.00 bits per heavy atom. The SMILES string of the molecule is CCCC1CCCCCCCCN1. The number of nitrogens with one attached hydrogen (secondary N) is 1. The maximum Gasteiger partial charge on any atom is 0.00669 e. The third kappa shape index (κ3) is 5.30. The quantitative estimate of drug-likeness (QED) is 0.691. The molecule has 1 unspecified atom stereocenters. The molecule has 1 saturated heterocycles. The van der Waals surface area contributed by atoms with E-state index in [1.54, 1.807) is 0 Å². The molecule has 0 aliphatic carbocycles. The van der Waals surface area contributed by atoms with Crippen molar-refractivity contribution >= 4 is 0 Å². The van der Waals surface area contributed by atoms with E-state index in [-0.39, 0.29) is 0 Å². The van der Waals surface area contributed by atoms with Gasteiger partial charge in [0, 0.05) is 6.04 Å². The molecule has 13 heavy (non-hydrogen) atoms. The molecule has 0 radical (unpaired) electrons. The van der Waals surface area contributed by atoms with Crippen molar-refractivity contribution in [1.82, 2.24) is 5.32 Å². The lowest BCUT2D eigenvalue weighted by atomic mass is 10.0. The van der Waals surface area contributed by atoms with Gasteiger partial charge in [-0.15, -0.1) is 0 Å². The lowest BCUT2D eigenvalue weighted by Crippen LogP contribution is -2.30. The molecule has 0 aromatic heterocycles. The van der Waals surface area contributed by atoms with Gasteiger partial charge in [-0.1, -0.05) is 45.4 Å². The van der Waals surface area contributed by atoms with Gasteiger partial charge in [-0.3, -0.25) is 0 Å². The van der Waals surface area contributed by atoms with Gasteiger partial charge in [-0.05, 0) is 25.8 Å². The van der Waals surface area contributed by atoms with E-state index < -0.39 is 0 Å². The molecule has 1 atom stereocenters. The van der Waals surface area contributed by atoms with Gasteiger partial charge in [0.2, 0.25) is 0 Å². The average molecular weight is 183 g/mol. The molecule has 1 aliphatic rings. The Morgan fingerprint density at radius 3 is 2.46 bits per heavy atom. The summed E-state index contributed by atoms with van der Waals surface area (Å²) in [5.41, 5.74) is 0. The predicted octanol–water partition coefficient (Wildman–Crippen LogP) is 3.49. The van der Waals surface area contributed by atoms with Crippen LogP contribution in [0.25, 0.3) is 0 Å². The Bertz CT molecular complexity index is 102. The molecular weight excluding hydrogens is 158 g/mol. The predicted molar refractivity (Wildman–Crippen MR) is 59.0 cm³/mol. The van der Waals surface area contributed by atoms with Crippen LogP contribution in [0.15, 0.2) is 0 Å². The van der Waals surface area contributed by atoms with Crippen molar-refractivity contribution in [3.05, 3.63) is 0 Å². The molecule has 0 amide bonds. The summed E-state index contributed by atoms with van der Waals surface area (Å²) in [5.74, 6) is 0. The van der Waals surface area contributed by atoms with Crippen molar-refractivity contribution in [1.29, 1.82) is 0 Å². The van der Waals surface area contributed by atoms with Crippen LogP contribution >= 0.6 is 0 Å². The Kier molecular flexibility index (Phi) is 6.26. The molecule has 1 aliphatic heterocycles. The van der Waals surface area contributed by atoms with E-state index in [1.165, 1.54) is 64.3 Å². The fourth-order valence-corrected chi connectivity index (χ4v) is 2.23. The lowest BCUT2D eigenvalue weighted by molar-refractivity contribution is 0.405. The molecule has 1 heteroatoms. The van der Waals surface area contributed by atoms with Gasteiger partial charge in [0.25, 0.3) is 0 Å². The molecule has 1 heterocycles. The smallest absolute Gasteiger partial charge is 0.00669 e. The summed E-state index contributed by atoms with van der Waals surface area (Å²) in [7, 11) is 0. The van der Waals surface area contributed by atoms with Crippen LogP contribution in [0.5, 0.6) is 0 Å². The van der Waals surface area contributed by atoms with E-state index in [0.717, 1.165) is 6.04 Å². The summed E-state index contributed by atoms with van der Waals surface area (Å²) >= 11 is 0. The van der Waals surface area contributed by atoms with Crippen LogP contribution < -0.4 is 5.32 Å². The van der Waals surface area contributed by atoms with E-state index >= 15 is 0 Å². The number of hydrogen-bond acceptors (Lipinski definition) is 1. The fraction of sp³-hybridized carbons (Fsp3) is 1.00. The minimum Gasteiger partial charge on any atom is -0.314 e. The summed E-state index contributed by atoms with van der Waals surface area (Å²) in [6.07, 6.45) is 12.8. The van der Waals surface area contributed by atoms with E-state index in [0.29, 0.717) is 0 Å². The minimum atomic E-state index is 0.822. The molecule has 78 valence electrons. The Labute approximate surface area is 83.3 Å². The third-order valence-corrected chi connectivity index (χ3v) is 3.05. The number of rotatable bonds is 2. The zero-order valence-electron chi connectivity index (χ0n) is 9.15. The fourth-order valence-electron chi connectivity index (χ4n) is 2.23. The molecule has 1 nitrogen and oxygen atoms in total. The van der Waals surface area contributed by atoms with Crippen molar-refractivity contribution in [2.24, 2.45) is 0 Å². The maximum absolute atomic E-state index is 3.69.